The lowest BCUT2D eigenvalue weighted by atomic mass is 10.1. The number of nitrogen functional groups attached to an aromatic ring is 2. The van der Waals surface area contributed by atoms with Crippen molar-refractivity contribution in [3.05, 3.63) is 47.9 Å². The normalized spacial score (nSPS) is 10.3. The van der Waals surface area contributed by atoms with Crippen molar-refractivity contribution in [1.82, 2.24) is 4.90 Å². The van der Waals surface area contributed by atoms with E-state index in [-0.39, 0.29) is 5.91 Å². The number of benzene rings is 1. The van der Waals surface area contributed by atoms with Crippen molar-refractivity contribution < 1.29 is 9.21 Å². The average Bonchev–Trinajstić information content (AvgIpc) is 2.81. The molecule has 5 nitrogen and oxygen atoms in total. The predicted molar refractivity (Wildman–Crippen MR) is 69.8 cm³/mol. The molecule has 94 valence electrons. The first-order valence-electron chi connectivity index (χ1n) is 5.51. The van der Waals surface area contributed by atoms with Gasteiger partial charge < -0.3 is 20.8 Å². The van der Waals surface area contributed by atoms with Gasteiger partial charge in [-0.05, 0) is 30.3 Å². The van der Waals surface area contributed by atoms with Crippen molar-refractivity contribution in [2.45, 2.75) is 6.54 Å². The summed E-state index contributed by atoms with van der Waals surface area (Å²) in [5.74, 6) is 0.559. The lowest BCUT2D eigenvalue weighted by molar-refractivity contribution is 0.0776. The molecule has 0 bridgehead atoms. The zero-order valence-electron chi connectivity index (χ0n) is 10.1. The Bertz CT molecular complexity index is 549. The van der Waals surface area contributed by atoms with Gasteiger partial charge in [0.2, 0.25) is 0 Å². The molecule has 0 atom stereocenters. The Balaban J connectivity index is 2.15. The van der Waals surface area contributed by atoms with Crippen LogP contribution in [0, 0.1) is 0 Å². The van der Waals surface area contributed by atoms with E-state index in [1.807, 2.05) is 6.07 Å². The van der Waals surface area contributed by atoms with Crippen LogP contribution in [0.15, 0.2) is 41.0 Å². The number of rotatable bonds is 3. The minimum absolute atomic E-state index is 0.163. The zero-order chi connectivity index (χ0) is 13.1. The van der Waals surface area contributed by atoms with Crippen molar-refractivity contribution in [3.63, 3.8) is 0 Å². The number of nitrogens with zero attached hydrogens (tertiary/aromatic N) is 1. The van der Waals surface area contributed by atoms with E-state index < -0.39 is 0 Å². The number of furan rings is 1. The molecule has 1 heterocycles. The van der Waals surface area contributed by atoms with Crippen LogP contribution in [0.4, 0.5) is 11.4 Å². The topological polar surface area (TPSA) is 85.5 Å². The van der Waals surface area contributed by atoms with Gasteiger partial charge in [0.25, 0.3) is 5.91 Å². The molecule has 1 aromatic carbocycles. The van der Waals surface area contributed by atoms with Crippen molar-refractivity contribution in [1.29, 1.82) is 0 Å². The summed E-state index contributed by atoms with van der Waals surface area (Å²) in [5.41, 5.74) is 12.7. The third-order valence-electron chi connectivity index (χ3n) is 2.63. The fraction of sp³-hybridized carbons (Fsp3) is 0.154. The average molecular weight is 245 g/mol. The zero-order valence-corrected chi connectivity index (χ0v) is 10.1. The second-order valence-electron chi connectivity index (χ2n) is 4.09. The molecule has 4 N–H and O–H groups in total. The van der Waals surface area contributed by atoms with Crippen LogP contribution in [0.3, 0.4) is 0 Å². The SMILES string of the molecule is CN(Cc1ccco1)C(=O)c1ccc(N)cc1N. The maximum atomic E-state index is 12.2. The third-order valence-corrected chi connectivity index (χ3v) is 2.63. The number of carbonyl (C=O) groups excluding carboxylic acids is 1. The van der Waals surface area contributed by atoms with Gasteiger partial charge in [0.15, 0.2) is 0 Å². The number of amides is 1. The Hall–Kier alpha value is -2.43. The highest BCUT2D eigenvalue weighted by Gasteiger charge is 2.15. The van der Waals surface area contributed by atoms with Crippen molar-refractivity contribution >= 4 is 17.3 Å². The minimum Gasteiger partial charge on any atom is -0.467 e. The lowest BCUT2D eigenvalue weighted by Gasteiger charge is -2.17. The Morgan fingerprint density at radius 2 is 2.11 bits per heavy atom. The van der Waals surface area contributed by atoms with E-state index in [9.17, 15) is 4.79 Å². The molecule has 5 heteroatoms. The van der Waals surface area contributed by atoms with E-state index in [0.29, 0.717) is 23.5 Å². The highest BCUT2D eigenvalue weighted by Crippen LogP contribution is 2.18. The molecule has 0 saturated heterocycles. The highest BCUT2D eigenvalue weighted by atomic mass is 16.3. The molecule has 0 unspecified atom stereocenters. The number of hydrogen-bond acceptors (Lipinski definition) is 4. The van der Waals surface area contributed by atoms with Crippen LogP contribution in [0.5, 0.6) is 0 Å². The summed E-state index contributed by atoms with van der Waals surface area (Å²) >= 11 is 0. The number of anilines is 2. The molecule has 2 rings (SSSR count). The summed E-state index contributed by atoms with van der Waals surface area (Å²) in [6.45, 7) is 0.398. The summed E-state index contributed by atoms with van der Waals surface area (Å²) in [6, 6.07) is 8.46. The number of nitrogens with two attached hydrogens (primary N) is 2. The highest BCUT2D eigenvalue weighted by molar-refractivity contribution is 5.99. The van der Waals surface area contributed by atoms with Crippen LogP contribution < -0.4 is 11.5 Å². The Morgan fingerprint density at radius 3 is 2.72 bits per heavy atom. The maximum Gasteiger partial charge on any atom is 0.256 e. The second kappa shape index (κ2) is 4.83. The van der Waals surface area contributed by atoms with E-state index in [4.69, 9.17) is 15.9 Å². The van der Waals surface area contributed by atoms with E-state index in [0.717, 1.165) is 5.76 Å². The van der Waals surface area contributed by atoms with Crippen LogP contribution in [-0.2, 0) is 6.54 Å². The standard InChI is InChI=1S/C13H15N3O2/c1-16(8-10-3-2-6-18-10)13(17)11-5-4-9(14)7-12(11)15/h2-7H,8,14-15H2,1H3. The fourth-order valence-corrected chi connectivity index (χ4v) is 1.69. The molecule has 2 aromatic rings. The molecule has 1 amide bonds. The van der Waals surface area contributed by atoms with E-state index >= 15 is 0 Å². The van der Waals surface area contributed by atoms with Crippen LogP contribution in [-0.4, -0.2) is 17.9 Å². The van der Waals surface area contributed by atoms with E-state index in [2.05, 4.69) is 0 Å². The molecule has 1 aromatic heterocycles. The van der Waals surface area contributed by atoms with E-state index in [1.54, 1.807) is 42.5 Å². The van der Waals surface area contributed by atoms with Crippen LogP contribution >= 0.6 is 0 Å². The molecular formula is C13H15N3O2. The monoisotopic (exact) mass is 245 g/mol. The van der Waals surface area contributed by atoms with Gasteiger partial charge in [-0.1, -0.05) is 0 Å². The molecule has 0 spiro atoms. The van der Waals surface area contributed by atoms with Gasteiger partial charge in [0.05, 0.1) is 18.4 Å². The summed E-state index contributed by atoms with van der Waals surface area (Å²) in [5, 5.41) is 0. The van der Waals surface area contributed by atoms with Gasteiger partial charge in [-0.25, -0.2) is 0 Å². The Labute approximate surface area is 105 Å². The fourth-order valence-electron chi connectivity index (χ4n) is 1.69. The quantitative estimate of drug-likeness (QED) is 0.806. The molecule has 0 aliphatic rings. The first kappa shape index (κ1) is 12.0. The van der Waals surface area contributed by atoms with Gasteiger partial charge in [-0.15, -0.1) is 0 Å². The Kier molecular flexibility index (Phi) is 3.23. The van der Waals surface area contributed by atoms with Gasteiger partial charge in [0, 0.05) is 18.4 Å². The first-order valence-corrected chi connectivity index (χ1v) is 5.51. The lowest BCUT2D eigenvalue weighted by Crippen LogP contribution is -2.26. The molecule has 0 aliphatic carbocycles. The number of carbonyl (C=O) groups is 1. The number of hydrogen-bond donors (Lipinski definition) is 2. The molecule has 0 fully saturated rings. The van der Waals surface area contributed by atoms with Crippen molar-refractivity contribution in [2.75, 3.05) is 18.5 Å². The summed E-state index contributed by atoms with van der Waals surface area (Å²) in [4.78, 5) is 13.7. The summed E-state index contributed by atoms with van der Waals surface area (Å²) < 4.78 is 5.19. The van der Waals surface area contributed by atoms with Gasteiger partial charge in [-0.3, -0.25) is 4.79 Å². The Morgan fingerprint density at radius 1 is 1.33 bits per heavy atom. The van der Waals surface area contributed by atoms with Crippen LogP contribution in [0.1, 0.15) is 16.1 Å². The summed E-state index contributed by atoms with van der Waals surface area (Å²) in [6.07, 6.45) is 1.57. The molecule has 0 saturated carbocycles. The molecular weight excluding hydrogens is 230 g/mol. The van der Waals surface area contributed by atoms with Crippen LogP contribution in [0.25, 0.3) is 0 Å². The molecule has 0 aliphatic heterocycles. The van der Waals surface area contributed by atoms with Gasteiger partial charge in [0.1, 0.15) is 5.76 Å². The largest absolute Gasteiger partial charge is 0.467 e. The molecule has 0 radical (unpaired) electrons. The van der Waals surface area contributed by atoms with Crippen LogP contribution in [0.2, 0.25) is 0 Å². The van der Waals surface area contributed by atoms with E-state index in [1.165, 1.54) is 0 Å². The van der Waals surface area contributed by atoms with Crippen molar-refractivity contribution in [3.8, 4) is 0 Å². The van der Waals surface area contributed by atoms with Gasteiger partial charge >= 0.3 is 0 Å². The predicted octanol–water partition coefficient (Wildman–Crippen LogP) is 1.72. The summed E-state index contributed by atoms with van der Waals surface area (Å²) in [7, 11) is 1.70. The molecule has 18 heavy (non-hydrogen) atoms. The second-order valence-corrected chi connectivity index (χ2v) is 4.09. The smallest absolute Gasteiger partial charge is 0.256 e. The first-order chi connectivity index (χ1) is 8.58. The van der Waals surface area contributed by atoms with Gasteiger partial charge in [-0.2, -0.15) is 0 Å². The maximum absolute atomic E-state index is 12.2. The minimum atomic E-state index is -0.163. The third kappa shape index (κ3) is 2.45. The van der Waals surface area contributed by atoms with Crippen molar-refractivity contribution in [2.24, 2.45) is 0 Å².